The van der Waals surface area contributed by atoms with E-state index in [0.29, 0.717) is 24.3 Å². The molecule has 0 amide bonds. The Morgan fingerprint density at radius 2 is 1.79 bits per heavy atom. The standard InChI is InChI=1S/C8H14F3NOS/c9-8(10,11)7(13,5-12)6-1-3-14-4-2-6/h6,13H,1-5,12H2. The molecule has 84 valence electrons. The lowest BCUT2D eigenvalue weighted by Gasteiger charge is -2.38. The van der Waals surface area contributed by atoms with Crippen LogP contribution in [0.3, 0.4) is 0 Å². The zero-order valence-corrected chi connectivity index (χ0v) is 8.50. The summed E-state index contributed by atoms with van der Waals surface area (Å²) in [6, 6.07) is 0. The number of hydrogen-bond donors (Lipinski definition) is 2. The smallest absolute Gasteiger partial charge is 0.379 e. The predicted molar refractivity (Wildman–Crippen MR) is 50.1 cm³/mol. The maximum Gasteiger partial charge on any atom is 0.418 e. The van der Waals surface area contributed by atoms with E-state index >= 15 is 0 Å². The second-order valence-electron chi connectivity index (χ2n) is 3.51. The van der Waals surface area contributed by atoms with Crippen LogP contribution in [0, 0.1) is 5.92 Å². The first-order chi connectivity index (χ1) is 6.42. The first-order valence-corrected chi connectivity index (χ1v) is 5.64. The summed E-state index contributed by atoms with van der Waals surface area (Å²) >= 11 is 1.62. The number of nitrogens with two attached hydrogens (primary N) is 1. The van der Waals surface area contributed by atoms with Crippen LogP contribution in [0.1, 0.15) is 12.8 Å². The number of halogens is 3. The molecule has 1 unspecified atom stereocenters. The van der Waals surface area contributed by atoms with Gasteiger partial charge in [-0.05, 0) is 30.3 Å². The summed E-state index contributed by atoms with van der Waals surface area (Å²) in [7, 11) is 0. The van der Waals surface area contributed by atoms with Gasteiger partial charge in [-0.3, -0.25) is 0 Å². The SMILES string of the molecule is NCC(O)(C1CCSCC1)C(F)(F)F. The summed E-state index contributed by atoms with van der Waals surface area (Å²) in [6.07, 6.45) is -3.84. The van der Waals surface area contributed by atoms with E-state index in [1.165, 1.54) is 0 Å². The van der Waals surface area contributed by atoms with Crippen LogP contribution < -0.4 is 5.73 Å². The van der Waals surface area contributed by atoms with Crippen molar-refractivity contribution in [2.45, 2.75) is 24.6 Å². The van der Waals surface area contributed by atoms with Gasteiger partial charge in [-0.2, -0.15) is 24.9 Å². The molecule has 2 nitrogen and oxygen atoms in total. The highest BCUT2D eigenvalue weighted by Crippen LogP contribution is 2.41. The van der Waals surface area contributed by atoms with Crippen molar-refractivity contribution in [3.63, 3.8) is 0 Å². The van der Waals surface area contributed by atoms with Crippen molar-refractivity contribution in [3.05, 3.63) is 0 Å². The van der Waals surface area contributed by atoms with Gasteiger partial charge in [-0.1, -0.05) is 0 Å². The first-order valence-electron chi connectivity index (χ1n) is 4.48. The van der Waals surface area contributed by atoms with E-state index in [0.717, 1.165) is 0 Å². The molecule has 0 radical (unpaired) electrons. The van der Waals surface area contributed by atoms with Crippen LogP contribution in [-0.4, -0.2) is 34.9 Å². The molecule has 0 bridgehead atoms. The quantitative estimate of drug-likeness (QED) is 0.752. The minimum Gasteiger partial charge on any atom is -0.379 e. The summed E-state index contributed by atoms with van der Waals surface area (Å²) < 4.78 is 37.7. The van der Waals surface area contributed by atoms with Crippen LogP contribution in [0.5, 0.6) is 0 Å². The maximum atomic E-state index is 12.6. The third-order valence-corrected chi connectivity index (χ3v) is 3.75. The molecule has 14 heavy (non-hydrogen) atoms. The first kappa shape index (κ1) is 12.1. The Morgan fingerprint density at radius 1 is 1.29 bits per heavy atom. The van der Waals surface area contributed by atoms with E-state index in [9.17, 15) is 18.3 Å². The molecule has 1 aliphatic rings. The third-order valence-electron chi connectivity index (χ3n) is 2.70. The Bertz CT molecular complexity index is 194. The molecule has 1 atom stereocenters. The summed E-state index contributed by atoms with van der Waals surface area (Å²) in [5.74, 6) is 0.597. The second kappa shape index (κ2) is 4.28. The van der Waals surface area contributed by atoms with E-state index in [1.54, 1.807) is 11.8 Å². The summed E-state index contributed by atoms with van der Waals surface area (Å²) in [5.41, 5.74) is 2.36. The van der Waals surface area contributed by atoms with Gasteiger partial charge in [0, 0.05) is 6.54 Å². The van der Waals surface area contributed by atoms with Gasteiger partial charge in [0.2, 0.25) is 0 Å². The number of alkyl halides is 3. The highest BCUT2D eigenvalue weighted by atomic mass is 32.2. The molecule has 0 spiro atoms. The summed E-state index contributed by atoms with van der Waals surface area (Å²) in [5, 5.41) is 9.52. The van der Waals surface area contributed by atoms with Crippen molar-refractivity contribution >= 4 is 11.8 Å². The number of rotatable bonds is 2. The van der Waals surface area contributed by atoms with E-state index < -0.39 is 24.2 Å². The monoisotopic (exact) mass is 229 g/mol. The fraction of sp³-hybridized carbons (Fsp3) is 1.00. The van der Waals surface area contributed by atoms with E-state index in [2.05, 4.69) is 0 Å². The maximum absolute atomic E-state index is 12.6. The number of thioether (sulfide) groups is 1. The normalized spacial score (nSPS) is 24.6. The predicted octanol–water partition coefficient (Wildman–Crippen LogP) is 1.38. The molecule has 1 heterocycles. The van der Waals surface area contributed by atoms with Crippen LogP contribution in [0.25, 0.3) is 0 Å². The van der Waals surface area contributed by atoms with Gasteiger partial charge in [0.05, 0.1) is 0 Å². The van der Waals surface area contributed by atoms with Crippen LogP contribution in [-0.2, 0) is 0 Å². The number of hydrogen-bond acceptors (Lipinski definition) is 3. The van der Waals surface area contributed by atoms with Gasteiger partial charge < -0.3 is 10.8 Å². The minimum atomic E-state index is -4.62. The molecule has 0 aromatic rings. The van der Waals surface area contributed by atoms with Crippen molar-refractivity contribution in [1.82, 2.24) is 0 Å². The van der Waals surface area contributed by atoms with Crippen molar-refractivity contribution in [3.8, 4) is 0 Å². The zero-order valence-electron chi connectivity index (χ0n) is 7.68. The van der Waals surface area contributed by atoms with Crippen molar-refractivity contribution < 1.29 is 18.3 Å². The Morgan fingerprint density at radius 3 is 2.14 bits per heavy atom. The zero-order chi connectivity index (χ0) is 10.8. The lowest BCUT2D eigenvalue weighted by molar-refractivity contribution is -0.275. The molecule has 1 fully saturated rings. The molecular formula is C8H14F3NOS. The topological polar surface area (TPSA) is 46.2 Å². The molecular weight excluding hydrogens is 215 g/mol. The highest BCUT2D eigenvalue weighted by molar-refractivity contribution is 7.99. The highest BCUT2D eigenvalue weighted by Gasteiger charge is 2.57. The average Bonchev–Trinajstić information content (AvgIpc) is 2.16. The van der Waals surface area contributed by atoms with Gasteiger partial charge >= 0.3 is 6.18 Å². The molecule has 0 aromatic carbocycles. The molecule has 6 heteroatoms. The minimum absolute atomic E-state index is 0.387. The van der Waals surface area contributed by atoms with Gasteiger partial charge in [-0.25, -0.2) is 0 Å². The van der Waals surface area contributed by atoms with E-state index in [1.807, 2.05) is 0 Å². The molecule has 1 saturated heterocycles. The van der Waals surface area contributed by atoms with E-state index in [4.69, 9.17) is 5.73 Å². The van der Waals surface area contributed by atoms with Gasteiger partial charge in [0.1, 0.15) is 0 Å². The molecule has 1 rings (SSSR count). The Labute approximate surface area is 85.0 Å². The fourth-order valence-electron chi connectivity index (χ4n) is 1.69. The van der Waals surface area contributed by atoms with Crippen LogP contribution in [0.4, 0.5) is 13.2 Å². The summed E-state index contributed by atoms with van der Waals surface area (Å²) in [4.78, 5) is 0. The Kier molecular flexibility index (Phi) is 3.71. The Hall–Kier alpha value is 0.0600. The van der Waals surface area contributed by atoms with Gasteiger partial charge in [0.15, 0.2) is 5.60 Å². The molecule has 0 saturated carbocycles. The van der Waals surface area contributed by atoms with Crippen molar-refractivity contribution in [2.75, 3.05) is 18.1 Å². The Balaban J connectivity index is 2.77. The fourth-order valence-corrected chi connectivity index (χ4v) is 2.80. The molecule has 3 N–H and O–H groups in total. The average molecular weight is 229 g/mol. The van der Waals surface area contributed by atoms with Gasteiger partial charge in [-0.15, -0.1) is 0 Å². The van der Waals surface area contributed by atoms with Crippen LogP contribution >= 0.6 is 11.8 Å². The van der Waals surface area contributed by atoms with Crippen LogP contribution in [0.2, 0.25) is 0 Å². The molecule has 1 aliphatic heterocycles. The lowest BCUT2D eigenvalue weighted by Crippen LogP contribution is -2.57. The van der Waals surface area contributed by atoms with Gasteiger partial charge in [0.25, 0.3) is 0 Å². The lowest BCUT2D eigenvalue weighted by atomic mass is 9.82. The van der Waals surface area contributed by atoms with Crippen LogP contribution in [0.15, 0.2) is 0 Å². The summed E-state index contributed by atoms with van der Waals surface area (Å²) in [6.45, 7) is -0.744. The second-order valence-corrected chi connectivity index (χ2v) is 4.74. The molecule has 0 aliphatic carbocycles. The largest absolute Gasteiger partial charge is 0.418 e. The number of aliphatic hydroxyl groups is 1. The third kappa shape index (κ3) is 2.17. The van der Waals surface area contributed by atoms with Crippen molar-refractivity contribution in [1.29, 1.82) is 0 Å². The van der Waals surface area contributed by atoms with Crippen molar-refractivity contribution in [2.24, 2.45) is 11.7 Å². The molecule has 0 aromatic heterocycles. The van der Waals surface area contributed by atoms with E-state index in [-0.39, 0.29) is 0 Å².